The van der Waals surface area contributed by atoms with Gasteiger partial charge in [-0.1, -0.05) is 31.0 Å². The Morgan fingerprint density at radius 3 is 2.56 bits per heavy atom. The first-order valence-electron chi connectivity index (χ1n) is 9.00. The third kappa shape index (κ3) is 4.47. The van der Waals surface area contributed by atoms with Gasteiger partial charge in [0.15, 0.2) is 11.0 Å². The summed E-state index contributed by atoms with van der Waals surface area (Å²) < 4.78 is 1.81. The summed E-state index contributed by atoms with van der Waals surface area (Å²) >= 11 is 1.36. The molecule has 27 heavy (non-hydrogen) atoms. The maximum atomic E-state index is 12.5. The zero-order chi connectivity index (χ0) is 19.4. The van der Waals surface area contributed by atoms with Gasteiger partial charge in [0.25, 0.3) is 5.69 Å². The molecule has 0 saturated heterocycles. The van der Waals surface area contributed by atoms with E-state index >= 15 is 0 Å². The standard InChI is InChI=1S/C18H23N5O3S/c1-21(14-6-4-3-5-7-14)16(24)12-27-18-20-19-17(22(18)2)13-8-10-15(11-9-13)23(25)26/h8-11,14H,3-7,12H2,1-2H3. The zero-order valence-electron chi connectivity index (χ0n) is 15.5. The third-order valence-corrected chi connectivity index (χ3v) is 6.02. The lowest BCUT2D eigenvalue weighted by atomic mass is 9.94. The summed E-state index contributed by atoms with van der Waals surface area (Å²) in [5, 5.41) is 19.8. The lowest BCUT2D eigenvalue weighted by molar-refractivity contribution is -0.384. The van der Waals surface area contributed by atoms with Crippen LogP contribution >= 0.6 is 11.8 Å². The number of nitrogens with zero attached hydrogens (tertiary/aromatic N) is 5. The van der Waals surface area contributed by atoms with Gasteiger partial charge in [-0.2, -0.15) is 0 Å². The van der Waals surface area contributed by atoms with E-state index in [2.05, 4.69) is 10.2 Å². The second-order valence-electron chi connectivity index (χ2n) is 6.75. The van der Waals surface area contributed by atoms with Crippen molar-refractivity contribution < 1.29 is 9.72 Å². The number of nitro benzene ring substituents is 1. The molecule has 0 bridgehead atoms. The SMILES string of the molecule is CN(C(=O)CSc1nnc(-c2ccc([N+](=O)[O-])cc2)n1C)C1CCCCC1. The van der Waals surface area contributed by atoms with Crippen molar-refractivity contribution in [3.8, 4) is 11.4 Å². The Balaban J connectivity index is 1.63. The van der Waals surface area contributed by atoms with Gasteiger partial charge in [-0.15, -0.1) is 10.2 Å². The van der Waals surface area contributed by atoms with Gasteiger partial charge in [-0.05, 0) is 25.0 Å². The van der Waals surface area contributed by atoms with Crippen molar-refractivity contribution in [1.29, 1.82) is 0 Å². The molecule has 1 amide bonds. The fourth-order valence-electron chi connectivity index (χ4n) is 3.32. The Bertz CT molecular complexity index is 815. The third-order valence-electron chi connectivity index (χ3n) is 5.01. The van der Waals surface area contributed by atoms with Crippen molar-refractivity contribution in [2.45, 2.75) is 43.3 Å². The number of carbonyl (C=O) groups excluding carboxylic acids is 1. The second-order valence-corrected chi connectivity index (χ2v) is 7.70. The molecule has 1 aromatic carbocycles. The minimum Gasteiger partial charge on any atom is -0.342 e. The van der Waals surface area contributed by atoms with Gasteiger partial charge >= 0.3 is 0 Å². The number of hydrogen-bond donors (Lipinski definition) is 0. The number of nitro groups is 1. The summed E-state index contributed by atoms with van der Waals surface area (Å²) in [7, 11) is 3.71. The predicted octanol–water partition coefficient (Wildman–Crippen LogP) is 3.27. The number of benzene rings is 1. The van der Waals surface area contributed by atoms with Gasteiger partial charge in [0.1, 0.15) is 0 Å². The molecule has 1 heterocycles. The molecule has 0 unspecified atom stereocenters. The first-order chi connectivity index (χ1) is 13.0. The summed E-state index contributed by atoms with van der Waals surface area (Å²) in [5.74, 6) is 1.03. The molecule has 0 radical (unpaired) electrons. The highest BCUT2D eigenvalue weighted by Gasteiger charge is 2.22. The van der Waals surface area contributed by atoms with Crippen LogP contribution in [0.2, 0.25) is 0 Å². The van der Waals surface area contributed by atoms with Gasteiger partial charge in [0, 0.05) is 37.8 Å². The number of carbonyl (C=O) groups is 1. The van der Waals surface area contributed by atoms with E-state index in [9.17, 15) is 14.9 Å². The molecule has 144 valence electrons. The number of aromatic nitrogens is 3. The first kappa shape index (κ1) is 19.3. The maximum absolute atomic E-state index is 12.5. The van der Waals surface area contributed by atoms with Crippen molar-refractivity contribution in [3.05, 3.63) is 34.4 Å². The van der Waals surface area contributed by atoms with Crippen molar-refractivity contribution in [2.75, 3.05) is 12.8 Å². The van der Waals surface area contributed by atoms with E-state index in [4.69, 9.17) is 0 Å². The van der Waals surface area contributed by atoms with Crippen LogP contribution in [-0.2, 0) is 11.8 Å². The number of amides is 1. The summed E-state index contributed by atoms with van der Waals surface area (Å²) in [6, 6.07) is 6.54. The number of non-ortho nitro benzene ring substituents is 1. The van der Waals surface area contributed by atoms with E-state index in [-0.39, 0.29) is 11.6 Å². The van der Waals surface area contributed by atoms with Crippen molar-refractivity contribution in [3.63, 3.8) is 0 Å². The van der Waals surface area contributed by atoms with Crippen molar-refractivity contribution in [1.82, 2.24) is 19.7 Å². The van der Waals surface area contributed by atoms with Gasteiger partial charge in [-0.3, -0.25) is 14.9 Å². The summed E-state index contributed by atoms with van der Waals surface area (Å²) in [6.07, 6.45) is 5.81. The number of hydrogen-bond acceptors (Lipinski definition) is 6. The van der Waals surface area contributed by atoms with E-state index in [0.717, 1.165) is 18.4 Å². The van der Waals surface area contributed by atoms with Crippen molar-refractivity contribution in [2.24, 2.45) is 7.05 Å². The Labute approximate surface area is 162 Å². The minimum atomic E-state index is -0.434. The molecule has 1 aromatic heterocycles. The molecular weight excluding hydrogens is 366 g/mol. The second kappa shape index (κ2) is 8.51. The predicted molar refractivity (Wildman–Crippen MR) is 103 cm³/mol. The molecule has 8 nitrogen and oxygen atoms in total. The summed E-state index contributed by atoms with van der Waals surface area (Å²) in [5.41, 5.74) is 0.778. The molecule has 0 aliphatic heterocycles. The molecule has 1 aliphatic carbocycles. The Kier molecular flexibility index (Phi) is 6.10. The zero-order valence-corrected chi connectivity index (χ0v) is 16.3. The maximum Gasteiger partial charge on any atom is 0.269 e. The Morgan fingerprint density at radius 2 is 1.93 bits per heavy atom. The lowest BCUT2D eigenvalue weighted by Gasteiger charge is -2.31. The molecular formula is C18H23N5O3S. The summed E-state index contributed by atoms with van der Waals surface area (Å²) in [4.78, 5) is 24.7. The smallest absolute Gasteiger partial charge is 0.269 e. The van der Waals surface area contributed by atoms with Crippen molar-refractivity contribution >= 4 is 23.4 Å². The molecule has 1 fully saturated rings. The fourth-order valence-corrected chi connectivity index (χ4v) is 4.16. The lowest BCUT2D eigenvalue weighted by Crippen LogP contribution is -2.39. The topological polar surface area (TPSA) is 94.2 Å². The van der Waals surface area contributed by atoms with E-state index in [1.165, 1.54) is 43.2 Å². The van der Waals surface area contributed by atoms with Gasteiger partial charge in [-0.25, -0.2) is 0 Å². The molecule has 0 N–H and O–H groups in total. The monoisotopic (exact) mass is 389 g/mol. The number of thioether (sulfide) groups is 1. The first-order valence-corrected chi connectivity index (χ1v) is 9.98. The Morgan fingerprint density at radius 1 is 1.26 bits per heavy atom. The molecule has 0 spiro atoms. The number of rotatable bonds is 6. The van der Waals surface area contributed by atoms with Gasteiger partial charge < -0.3 is 9.47 Å². The molecule has 2 aromatic rings. The van der Waals surface area contributed by atoms with E-state index < -0.39 is 4.92 Å². The normalized spacial score (nSPS) is 14.9. The van der Waals surface area contributed by atoms with E-state index in [1.807, 2.05) is 19.0 Å². The molecule has 1 aliphatic rings. The van der Waals surface area contributed by atoms with Crippen LogP contribution in [0.25, 0.3) is 11.4 Å². The van der Waals surface area contributed by atoms with Crippen LogP contribution < -0.4 is 0 Å². The quantitative estimate of drug-likeness (QED) is 0.427. The summed E-state index contributed by atoms with van der Waals surface area (Å²) in [6.45, 7) is 0. The van der Waals surface area contributed by atoms with Gasteiger partial charge in [0.05, 0.1) is 10.7 Å². The highest BCUT2D eigenvalue weighted by Crippen LogP contribution is 2.26. The average Bonchev–Trinajstić information content (AvgIpc) is 3.06. The Hall–Kier alpha value is -2.42. The van der Waals surface area contributed by atoms with Crippen LogP contribution in [0.15, 0.2) is 29.4 Å². The highest BCUT2D eigenvalue weighted by atomic mass is 32.2. The van der Waals surface area contributed by atoms with Crippen LogP contribution in [-0.4, -0.2) is 49.3 Å². The average molecular weight is 389 g/mol. The largest absolute Gasteiger partial charge is 0.342 e. The van der Waals surface area contributed by atoms with E-state index in [0.29, 0.717) is 22.8 Å². The molecule has 9 heteroatoms. The van der Waals surface area contributed by atoms with Crippen LogP contribution in [0.4, 0.5) is 5.69 Å². The van der Waals surface area contributed by atoms with Crippen LogP contribution in [0.5, 0.6) is 0 Å². The van der Waals surface area contributed by atoms with Crippen LogP contribution in [0.1, 0.15) is 32.1 Å². The van der Waals surface area contributed by atoms with Crippen LogP contribution in [0, 0.1) is 10.1 Å². The minimum absolute atomic E-state index is 0.0341. The van der Waals surface area contributed by atoms with Crippen LogP contribution in [0.3, 0.4) is 0 Å². The van der Waals surface area contributed by atoms with Gasteiger partial charge in [0.2, 0.25) is 5.91 Å². The molecule has 1 saturated carbocycles. The fraction of sp³-hybridized carbons (Fsp3) is 0.500. The molecule has 0 atom stereocenters. The molecule has 3 rings (SSSR count). The highest BCUT2D eigenvalue weighted by molar-refractivity contribution is 7.99. The van der Waals surface area contributed by atoms with E-state index in [1.54, 1.807) is 16.7 Å².